The Morgan fingerprint density at radius 2 is 1.88 bits per heavy atom. The summed E-state index contributed by atoms with van der Waals surface area (Å²) in [7, 11) is 0. The molecule has 4 heteroatoms. The molecule has 1 saturated carbocycles. The lowest BCUT2D eigenvalue weighted by atomic mass is 9.96. The van der Waals surface area contributed by atoms with E-state index in [1.54, 1.807) is 0 Å². The van der Waals surface area contributed by atoms with E-state index in [1.165, 1.54) is 19.3 Å². The van der Waals surface area contributed by atoms with Gasteiger partial charge in [0.05, 0.1) is 11.7 Å². The summed E-state index contributed by atoms with van der Waals surface area (Å²) in [5.41, 5.74) is 7.43. The zero-order valence-corrected chi connectivity index (χ0v) is 10.9. The molecular formula is C13H23N3O. The second kappa shape index (κ2) is 4.98. The van der Waals surface area contributed by atoms with Gasteiger partial charge in [0, 0.05) is 6.54 Å². The van der Waals surface area contributed by atoms with Gasteiger partial charge in [0.2, 0.25) is 0 Å². The van der Waals surface area contributed by atoms with Crippen LogP contribution in [-0.2, 0) is 13.0 Å². The van der Waals surface area contributed by atoms with Gasteiger partial charge in [-0.15, -0.1) is 0 Å². The highest BCUT2D eigenvalue weighted by Gasteiger charge is 2.23. The normalized spacial score (nSPS) is 17.5. The molecule has 0 amide bonds. The molecular weight excluding hydrogens is 214 g/mol. The fourth-order valence-corrected chi connectivity index (χ4v) is 3.03. The number of nitrogen functional groups attached to an aromatic ring is 1. The third kappa shape index (κ3) is 2.01. The predicted molar refractivity (Wildman–Crippen MR) is 70.3 cm³/mol. The number of nitrogens with two attached hydrogens (primary N) is 1. The summed E-state index contributed by atoms with van der Waals surface area (Å²) < 4.78 is 4.01. The van der Waals surface area contributed by atoms with Crippen molar-refractivity contribution in [1.82, 2.24) is 9.36 Å². The molecule has 2 N–H and O–H groups in total. The Kier molecular flexibility index (Phi) is 3.60. The van der Waals surface area contributed by atoms with Crippen LogP contribution in [0, 0.1) is 0 Å². The fourth-order valence-electron chi connectivity index (χ4n) is 3.03. The minimum atomic E-state index is 0.0237. The average Bonchev–Trinajstić information content (AvgIpc) is 2.62. The molecule has 0 bridgehead atoms. The van der Waals surface area contributed by atoms with Crippen molar-refractivity contribution in [2.75, 3.05) is 5.73 Å². The summed E-state index contributed by atoms with van der Waals surface area (Å²) in [6.45, 7) is 4.96. The summed E-state index contributed by atoms with van der Waals surface area (Å²) in [5.74, 6) is 0. The van der Waals surface area contributed by atoms with Crippen LogP contribution in [0.3, 0.4) is 0 Å². The SMILES string of the molecule is CCc1c(N)c(=O)n(C2CCCCC2)n1CC. The quantitative estimate of drug-likeness (QED) is 0.877. The zero-order chi connectivity index (χ0) is 12.4. The van der Waals surface area contributed by atoms with Crippen LogP contribution in [0.4, 0.5) is 5.69 Å². The monoisotopic (exact) mass is 237 g/mol. The molecule has 0 spiro atoms. The Labute approximate surface area is 102 Å². The number of aromatic nitrogens is 2. The lowest BCUT2D eigenvalue weighted by Crippen LogP contribution is -2.29. The summed E-state index contributed by atoms with van der Waals surface area (Å²) in [5, 5.41) is 0. The van der Waals surface area contributed by atoms with Crippen molar-refractivity contribution in [3.05, 3.63) is 16.0 Å². The van der Waals surface area contributed by atoms with Gasteiger partial charge < -0.3 is 5.73 Å². The van der Waals surface area contributed by atoms with Crippen LogP contribution in [-0.4, -0.2) is 9.36 Å². The van der Waals surface area contributed by atoms with Crippen molar-refractivity contribution in [3.63, 3.8) is 0 Å². The summed E-state index contributed by atoms with van der Waals surface area (Å²) in [6.07, 6.45) is 6.82. The first-order valence-corrected chi connectivity index (χ1v) is 6.80. The topological polar surface area (TPSA) is 53.0 Å². The third-order valence-corrected chi connectivity index (χ3v) is 3.88. The van der Waals surface area contributed by atoms with E-state index >= 15 is 0 Å². The van der Waals surface area contributed by atoms with Crippen molar-refractivity contribution in [2.24, 2.45) is 0 Å². The second-order valence-electron chi connectivity index (χ2n) is 4.87. The number of anilines is 1. The number of rotatable bonds is 3. The van der Waals surface area contributed by atoms with Gasteiger partial charge in [-0.1, -0.05) is 26.2 Å². The predicted octanol–water partition coefficient (Wildman–Crippen LogP) is 2.32. The van der Waals surface area contributed by atoms with Crippen molar-refractivity contribution in [3.8, 4) is 0 Å². The maximum absolute atomic E-state index is 12.2. The molecule has 0 saturated heterocycles. The van der Waals surface area contributed by atoms with Gasteiger partial charge in [-0.05, 0) is 26.2 Å². The van der Waals surface area contributed by atoms with E-state index in [0.29, 0.717) is 11.7 Å². The highest BCUT2D eigenvalue weighted by molar-refractivity contribution is 5.41. The van der Waals surface area contributed by atoms with E-state index in [-0.39, 0.29) is 5.56 Å². The number of hydrogen-bond acceptors (Lipinski definition) is 2. The number of nitrogens with zero attached hydrogens (tertiary/aromatic N) is 2. The minimum absolute atomic E-state index is 0.0237. The summed E-state index contributed by atoms with van der Waals surface area (Å²) in [4.78, 5) is 12.2. The largest absolute Gasteiger partial charge is 0.393 e. The molecule has 1 heterocycles. The van der Waals surface area contributed by atoms with E-state index in [1.807, 2.05) is 4.68 Å². The Hall–Kier alpha value is -1.19. The van der Waals surface area contributed by atoms with Crippen molar-refractivity contribution in [1.29, 1.82) is 0 Å². The molecule has 1 fully saturated rings. The van der Waals surface area contributed by atoms with Gasteiger partial charge in [-0.25, -0.2) is 4.68 Å². The number of hydrogen-bond donors (Lipinski definition) is 1. The minimum Gasteiger partial charge on any atom is -0.393 e. The fraction of sp³-hybridized carbons (Fsp3) is 0.769. The molecule has 1 aromatic heterocycles. The maximum atomic E-state index is 12.2. The Bertz CT molecular complexity index is 438. The first-order chi connectivity index (χ1) is 8.20. The average molecular weight is 237 g/mol. The lowest BCUT2D eigenvalue weighted by molar-refractivity contribution is 0.282. The third-order valence-electron chi connectivity index (χ3n) is 3.88. The van der Waals surface area contributed by atoms with E-state index < -0.39 is 0 Å². The van der Waals surface area contributed by atoms with Crippen LogP contribution in [0.5, 0.6) is 0 Å². The molecule has 0 aliphatic heterocycles. The zero-order valence-electron chi connectivity index (χ0n) is 10.9. The van der Waals surface area contributed by atoms with Crippen LogP contribution in [0.1, 0.15) is 57.7 Å². The molecule has 0 radical (unpaired) electrons. The standard InChI is InChI=1S/C13H23N3O/c1-3-11-12(14)13(17)16(15(11)4-2)10-8-6-5-7-9-10/h10H,3-9,14H2,1-2H3. The van der Waals surface area contributed by atoms with Crippen molar-refractivity contribution in [2.45, 2.75) is 65.0 Å². The van der Waals surface area contributed by atoms with Crippen molar-refractivity contribution >= 4 is 5.69 Å². The molecule has 4 nitrogen and oxygen atoms in total. The molecule has 1 aliphatic carbocycles. The van der Waals surface area contributed by atoms with E-state index in [2.05, 4.69) is 18.5 Å². The molecule has 0 aromatic carbocycles. The highest BCUT2D eigenvalue weighted by Crippen LogP contribution is 2.28. The van der Waals surface area contributed by atoms with Gasteiger partial charge in [-0.2, -0.15) is 0 Å². The molecule has 17 heavy (non-hydrogen) atoms. The van der Waals surface area contributed by atoms with E-state index in [4.69, 9.17) is 5.73 Å². The van der Waals surface area contributed by atoms with Gasteiger partial charge in [-0.3, -0.25) is 9.48 Å². The Balaban J connectivity index is 2.47. The van der Waals surface area contributed by atoms with E-state index in [9.17, 15) is 4.79 Å². The molecule has 2 rings (SSSR count). The van der Waals surface area contributed by atoms with Gasteiger partial charge in [0.25, 0.3) is 5.56 Å². The summed E-state index contributed by atoms with van der Waals surface area (Å²) in [6, 6.07) is 0.360. The smallest absolute Gasteiger partial charge is 0.290 e. The highest BCUT2D eigenvalue weighted by atomic mass is 16.1. The first-order valence-electron chi connectivity index (χ1n) is 6.80. The molecule has 0 unspecified atom stereocenters. The van der Waals surface area contributed by atoms with Crippen LogP contribution in [0.25, 0.3) is 0 Å². The first kappa shape index (κ1) is 12.3. The van der Waals surface area contributed by atoms with Crippen LogP contribution >= 0.6 is 0 Å². The molecule has 1 aliphatic rings. The Morgan fingerprint density at radius 1 is 1.24 bits per heavy atom. The van der Waals surface area contributed by atoms with Gasteiger partial charge in [0.15, 0.2) is 0 Å². The molecule has 0 atom stereocenters. The van der Waals surface area contributed by atoms with Crippen LogP contribution in [0.2, 0.25) is 0 Å². The summed E-state index contributed by atoms with van der Waals surface area (Å²) >= 11 is 0. The van der Waals surface area contributed by atoms with Crippen LogP contribution in [0.15, 0.2) is 4.79 Å². The molecule has 96 valence electrons. The Morgan fingerprint density at radius 3 is 2.41 bits per heavy atom. The lowest BCUT2D eigenvalue weighted by Gasteiger charge is -2.25. The van der Waals surface area contributed by atoms with Crippen molar-refractivity contribution < 1.29 is 0 Å². The van der Waals surface area contributed by atoms with Gasteiger partial charge in [0.1, 0.15) is 5.69 Å². The van der Waals surface area contributed by atoms with Crippen LogP contribution < -0.4 is 11.3 Å². The van der Waals surface area contributed by atoms with E-state index in [0.717, 1.165) is 31.5 Å². The second-order valence-corrected chi connectivity index (χ2v) is 4.87. The van der Waals surface area contributed by atoms with Gasteiger partial charge >= 0.3 is 0 Å². The molecule has 1 aromatic rings. The maximum Gasteiger partial charge on any atom is 0.290 e.